The van der Waals surface area contributed by atoms with Gasteiger partial charge in [0.2, 0.25) is 0 Å². The molecule has 0 radical (unpaired) electrons. The van der Waals surface area contributed by atoms with Gasteiger partial charge in [-0.2, -0.15) is 0 Å². The second-order valence-corrected chi connectivity index (χ2v) is 4.89. The fraction of sp³-hybridized carbons (Fsp3) is 0.857. The van der Waals surface area contributed by atoms with Gasteiger partial charge in [-0.3, -0.25) is 9.59 Å². The first-order valence-corrected chi connectivity index (χ1v) is 6.64. The number of hydrogen-bond donors (Lipinski definition) is 0. The third kappa shape index (κ3) is 8.09. The molecule has 0 aliphatic heterocycles. The average molecular weight is 258 g/mol. The summed E-state index contributed by atoms with van der Waals surface area (Å²) in [6.07, 6.45) is 4.78. The van der Waals surface area contributed by atoms with Crippen LogP contribution in [0, 0.1) is 11.8 Å². The molecule has 4 heteroatoms. The number of carbonyl (C=O) groups excluding carboxylic acids is 2. The highest BCUT2D eigenvalue weighted by Crippen LogP contribution is 2.22. The second kappa shape index (κ2) is 9.92. The standard InChI is InChI=1S/C14H26O4/c1-11(7-5-9-13(15)17-3)12(2)8-6-10-14(16)18-4/h11-12H,5-10H2,1-4H3/t11-,12-/m0/s1. The summed E-state index contributed by atoms with van der Waals surface area (Å²) in [4.78, 5) is 21.9. The molecule has 0 aromatic rings. The van der Waals surface area contributed by atoms with Crippen molar-refractivity contribution in [3.63, 3.8) is 0 Å². The van der Waals surface area contributed by atoms with E-state index in [0.717, 1.165) is 25.7 Å². The summed E-state index contributed by atoms with van der Waals surface area (Å²) in [6, 6.07) is 0. The maximum Gasteiger partial charge on any atom is 0.305 e. The predicted octanol–water partition coefficient (Wildman–Crippen LogP) is 2.95. The summed E-state index contributed by atoms with van der Waals surface area (Å²) in [5, 5.41) is 0. The van der Waals surface area contributed by atoms with Gasteiger partial charge in [0.05, 0.1) is 14.2 Å². The average Bonchev–Trinajstić information content (AvgIpc) is 2.37. The van der Waals surface area contributed by atoms with Crippen LogP contribution in [0.1, 0.15) is 52.4 Å². The monoisotopic (exact) mass is 258 g/mol. The van der Waals surface area contributed by atoms with Gasteiger partial charge >= 0.3 is 11.9 Å². The van der Waals surface area contributed by atoms with Gasteiger partial charge in [0.25, 0.3) is 0 Å². The lowest BCUT2D eigenvalue weighted by Gasteiger charge is -2.19. The predicted molar refractivity (Wildman–Crippen MR) is 70.1 cm³/mol. The lowest BCUT2D eigenvalue weighted by molar-refractivity contribution is -0.141. The number of ether oxygens (including phenoxy) is 2. The SMILES string of the molecule is COC(=O)CCC[C@H](C)[C@@H](C)CCCC(=O)OC. The molecule has 0 fully saturated rings. The molecular formula is C14H26O4. The molecule has 0 amide bonds. The molecule has 106 valence electrons. The van der Waals surface area contributed by atoms with Gasteiger partial charge in [-0.25, -0.2) is 0 Å². The first kappa shape index (κ1) is 16.9. The molecule has 0 saturated carbocycles. The molecule has 0 spiro atoms. The fourth-order valence-corrected chi connectivity index (χ4v) is 1.91. The van der Waals surface area contributed by atoms with Crippen molar-refractivity contribution in [2.75, 3.05) is 14.2 Å². The topological polar surface area (TPSA) is 52.6 Å². The van der Waals surface area contributed by atoms with Crippen molar-refractivity contribution >= 4 is 11.9 Å². The van der Waals surface area contributed by atoms with Crippen LogP contribution in [0.5, 0.6) is 0 Å². The van der Waals surface area contributed by atoms with Crippen molar-refractivity contribution in [3.8, 4) is 0 Å². The minimum atomic E-state index is -0.138. The third-order valence-electron chi connectivity index (χ3n) is 3.51. The summed E-state index contributed by atoms with van der Waals surface area (Å²) < 4.78 is 9.21. The van der Waals surface area contributed by atoms with Crippen LogP contribution < -0.4 is 0 Å². The normalized spacial score (nSPS) is 13.8. The molecule has 18 heavy (non-hydrogen) atoms. The Hall–Kier alpha value is -1.06. The Morgan fingerprint density at radius 1 is 0.833 bits per heavy atom. The van der Waals surface area contributed by atoms with Crippen LogP contribution in [-0.2, 0) is 19.1 Å². The number of esters is 2. The van der Waals surface area contributed by atoms with Gasteiger partial charge in [0, 0.05) is 12.8 Å². The number of hydrogen-bond acceptors (Lipinski definition) is 4. The summed E-state index contributed by atoms with van der Waals surface area (Å²) in [6.45, 7) is 4.39. The van der Waals surface area contributed by atoms with Crippen LogP contribution in [0.15, 0.2) is 0 Å². The van der Waals surface area contributed by atoms with Gasteiger partial charge in [0.15, 0.2) is 0 Å². The fourth-order valence-electron chi connectivity index (χ4n) is 1.91. The number of rotatable bonds is 9. The maximum atomic E-state index is 11.0. The Morgan fingerprint density at radius 3 is 1.44 bits per heavy atom. The zero-order valence-electron chi connectivity index (χ0n) is 12.0. The largest absolute Gasteiger partial charge is 0.469 e. The van der Waals surface area contributed by atoms with E-state index in [1.54, 1.807) is 0 Å². The molecule has 0 N–H and O–H groups in total. The molecule has 0 unspecified atom stereocenters. The highest BCUT2D eigenvalue weighted by atomic mass is 16.5. The molecular weight excluding hydrogens is 232 g/mol. The Labute approximate surface area is 110 Å². The van der Waals surface area contributed by atoms with Crippen LogP contribution in [0.3, 0.4) is 0 Å². The summed E-state index contributed by atoms with van der Waals surface area (Å²) >= 11 is 0. The molecule has 0 bridgehead atoms. The number of methoxy groups -OCH3 is 2. The zero-order valence-corrected chi connectivity index (χ0v) is 12.0. The van der Waals surface area contributed by atoms with Crippen LogP contribution in [0.4, 0.5) is 0 Å². The first-order valence-electron chi connectivity index (χ1n) is 6.64. The second-order valence-electron chi connectivity index (χ2n) is 4.89. The Morgan fingerprint density at radius 2 is 1.17 bits per heavy atom. The quantitative estimate of drug-likeness (QED) is 0.597. The molecule has 0 rings (SSSR count). The zero-order chi connectivity index (χ0) is 14.0. The van der Waals surface area contributed by atoms with Crippen LogP contribution >= 0.6 is 0 Å². The Kier molecular flexibility index (Phi) is 9.33. The molecule has 0 aliphatic rings. The minimum absolute atomic E-state index is 0.138. The highest BCUT2D eigenvalue weighted by molar-refractivity contribution is 5.69. The first-order chi connectivity index (χ1) is 8.51. The number of carbonyl (C=O) groups is 2. The van der Waals surface area contributed by atoms with E-state index in [4.69, 9.17) is 0 Å². The summed E-state index contributed by atoms with van der Waals surface area (Å²) in [5.74, 6) is 0.848. The highest BCUT2D eigenvalue weighted by Gasteiger charge is 2.13. The van der Waals surface area contributed by atoms with Crippen molar-refractivity contribution < 1.29 is 19.1 Å². The Bertz CT molecular complexity index is 224. The van der Waals surface area contributed by atoms with Gasteiger partial charge in [-0.1, -0.05) is 13.8 Å². The van der Waals surface area contributed by atoms with Crippen LogP contribution in [0.2, 0.25) is 0 Å². The van der Waals surface area contributed by atoms with E-state index >= 15 is 0 Å². The van der Waals surface area contributed by atoms with Crippen molar-refractivity contribution in [3.05, 3.63) is 0 Å². The van der Waals surface area contributed by atoms with E-state index in [-0.39, 0.29) is 11.9 Å². The van der Waals surface area contributed by atoms with E-state index in [0.29, 0.717) is 24.7 Å². The van der Waals surface area contributed by atoms with Crippen LogP contribution in [0.25, 0.3) is 0 Å². The van der Waals surface area contributed by atoms with E-state index in [2.05, 4.69) is 23.3 Å². The van der Waals surface area contributed by atoms with Gasteiger partial charge < -0.3 is 9.47 Å². The molecule has 2 atom stereocenters. The Balaban J connectivity index is 3.65. The smallest absolute Gasteiger partial charge is 0.305 e. The van der Waals surface area contributed by atoms with Crippen molar-refractivity contribution in [2.45, 2.75) is 52.4 Å². The molecule has 0 heterocycles. The van der Waals surface area contributed by atoms with Crippen molar-refractivity contribution in [2.24, 2.45) is 11.8 Å². The van der Waals surface area contributed by atoms with E-state index in [1.165, 1.54) is 14.2 Å². The van der Waals surface area contributed by atoms with Gasteiger partial charge in [-0.05, 0) is 37.5 Å². The van der Waals surface area contributed by atoms with Gasteiger partial charge in [0.1, 0.15) is 0 Å². The lowest BCUT2D eigenvalue weighted by Crippen LogP contribution is -2.10. The van der Waals surface area contributed by atoms with E-state index in [1.807, 2.05) is 0 Å². The maximum absolute atomic E-state index is 11.0. The third-order valence-corrected chi connectivity index (χ3v) is 3.51. The van der Waals surface area contributed by atoms with Crippen molar-refractivity contribution in [1.29, 1.82) is 0 Å². The molecule has 0 aromatic carbocycles. The van der Waals surface area contributed by atoms with Crippen molar-refractivity contribution in [1.82, 2.24) is 0 Å². The van der Waals surface area contributed by atoms with E-state index < -0.39 is 0 Å². The molecule has 0 aliphatic carbocycles. The van der Waals surface area contributed by atoms with Crippen LogP contribution in [-0.4, -0.2) is 26.2 Å². The molecule has 4 nitrogen and oxygen atoms in total. The van der Waals surface area contributed by atoms with E-state index in [9.17, 15) is 9.59 Å². The summed E-state index contributed by atoms with van der Waals surface area (Å²) in [7, 11) is 2.84. The molecule has 0 aromatic heterocycles. The lowest BCUT2D eigenvalue weighted by atomic mass is 9.87. The minimum Gasteiger partial charge on any atom is -0.469 e. The molecule has 0 saturated heterocycles. The summed E-state index contributed by atoms with van der Waals surface area (Å²) in [5.41, 5.74) is 0. The van der Waals surface area contributed by atoms with Gasteiger partial charge in [-0.15, -0.1) is 0 Å².